The molecule has 0 unspecified atom stereocenters. The van der Waals surface area contributed by atoms with Crippen molar-refractivity contribution in [2.75, 3.05) is 18.8 Å². The Morgan fingerprint density at radius 1 is 1.21 bits per heavy atom. The van der Waals surface area contributed by atoms with Crippen molar-refractivity contribution in [2.24, 2.45) is 0 Å². The van der Waals surface area contributed by atoms with Gasteiger partial charge in [0.25, 0.3) is 0 Å². The molecule has 2 aromatic heterocycles. The largest absolute Gasteiger partial charge is 0.465 e. The van der Waals surface area contributed by atoms with E-state index in [2.05, 4.69) is 14.7 Å². The highest BCUT2D eigenvalue weighted by Crippen LogP contribution is 2.34. The van der Waals surface area contributed by atoms with Crippen LogP contribution in [0.15, 0.2) is 53.7 Å². The first-order valence-electron chi connectivity index (χ1n) is 11.6. The van der Waals surface area contributed by atoms with Gasteiger partial charge in [-0.2, -0.15) is 5.10 Å². The van der Waals surface area contributed by atoms with Crippen LogP contribution in [0.3, 0.4) is 0 Å². The third-order valence-corrected chi connectivity index (χ3v) is 8.06. The van der Waals surface area contributed by atoms with Crippen LogP contribution in [0.4, 0.5) is 15.0 Å². The molecule has 0 bridgehead atoms. The number of nitrogens with two attached hydrogens (primary N) is 1. The molecule has 5 rings (SSSR count). The highest BCUT2D eigenvalue weighted by molar-refractivity contribution is 7.89. The number of carboxylic acid groups (broad SMARTS) is 1. The predicted molar refractivity (Wildman–Crippen MR) is 138 cm³/mol. The maximum atomic E-state index is 14.1. The van der Waals surface area contributed by atoms with Gasteiger partial charge in [-0.15, -0.1) is 0 Å². The highest BCUT2D eigenvalue weighted by Gasteiger charge is 2.28. The Morgan fingerprint density at radius 2 is 1.97 bits per heavy atom. The van der Waals surface area contributed by atoms with Crippen molar-refractivity contribution in [3.63, 3.8) is 0 Å². The van der Waals surface area contributed by atoms with Gasteiger partial charge in [-0.1, -0.05) is 35.9 Å². The van der Waals surface area contributed by atoms with Crippen molar-refractivity contribution in [1.29, 1.82) is 0 Å². The third-order valence-electron chi connectivity index (χ3n) is 6.41. The normalized spacial score (nSPS) is 16.2. The van der Waals surface area contributed by atoms with E-state index >= 15 is 0 Å². The average Bonchev–Trinajstić information content (AvgIpc) is 3.30. The number of nitrogen functional groups attached to an aromatic ring is 1. The first-order chi connectivity index (χ1) is 18.1. The minimum atomic E-state index is -4.13. The molecule has 14 heteroatoms. The van der Waals surface area contributed by atoms with E-state index in [-0.39, 0.29) is 30.0 Å². The van der Waals surface area contributed by atoms with E-state index in [1.54, 1.807) is 28.9 Å². The van der Waals surface area contributed by atoms with Crippen molar-refractivity contribution in [3.8, 4) is 11.3 Å². The maximum Gasteiger partial charge on any atom is 0.407 e. The van der Waals surface area contributed by atoms with Gasteiger partial charge in [-0.3, -0.25) is 0 Å². The predicted octanol–water partition coefficient (Wildman–Crippen LogP) is 3.66. The summed E-state index contributed by atoms with van der Waals surface area (Å²) in [4.78, 5) is 20.8. The van der Waals surface area contributed by atoms with Crippen LogP contribution in [0.2, 0.25) is 5.02 Å². The summed E-state index contributed by atoms with van der Waals surface area (Å²) in [6.45, 7) is 0.661. The van der Waals surface area contributed by atoms with Crippen molar-refractivity contribution in [3.05, 3.63) is 65.2 Å². The summed E-state index contributed by atoms with van der Waals surface area (Å²) in [7, 11) is -4.13. The molecule has 198 valence electrons. The van der Waals surface area contributed by atoms with E-state index in [4.69, 9.17) is 22.4 Å². The van der Waals surface area contributed by atoms with E-state index in [1.807, 2.05) is 0 Å². The molecule has 1 aliphatic rings. The molecular formula is C24H23ClFN7O4S. The van der Waals surface area contributed by atoms with Gasteiger partial charge in [0.15, 0.2) is 5.65 Å². The summed E-state index contributed by atoms with van der Waals surface area (Å²) >= 11 is 5.83. The zero-order valence-corrected chi connectivity index (χ0v) is 21.5. The van der Waals surface area contributed by atoms with Gasteiger partial charge >= 0.3 is 6.09 Å². The second-order valence-corrected chi connectivity index (χ2v) is 11.0. The molecular weight excluding hydrogens is 537 g/mol. The second kappa shape index (κ2) is 10.2. The van der Waals surface area contributed by atoms with E-state index in [0.717, 1.165) is 18.6 Å². The smallest absolute Gasteiger partial charge is 0.407 e. The lowest BCUT2D eigenvalue weighted by Gasteiger charge is -2.30. The van der Waals surface area contributed by atoms with Gasteiger partial charge < -0.3 is 15.7 Å². The Morgan fingerprint density at radius 3 is 2.71 bits per heavy atom. The number of piperidine rings is 1. The van der Waals surface area contributed by atoms with Crippen molar-refractivity contribution < 1.29 is 22.7 Å². The Labute approximate surface area is 222 Å². The van der Waals surface area contributed by atoms with E-state index in [9.17, 15) is 22.7 Å². The summed E-state index contributed by atoms with van der Waals surface area (Å²) in [5.41, 5.74) is 8.53. The minimum Gasteiger partial charge on any atom is -0.465 e. The van der Waals surface area contributed by atoms with Gasteiger partial charge in [0.1, 0.15) is 28.6 Å². The van der Waals surface area contributed by atoms with Crippen molar-refractivity contribution >= 4 is 44.6 Å². The van der Waals surface area contributed by atoms with Crippen LogP contribution in [-0.2, 0) is 16.6 Å². The first kappa shape index (κ1) is 25.8. The molecule has 4 N–H and O–H groups in total. The number of sulfonamides is 1. The fourth-order valence-corrected chi connectivity index (χ4v) is 5.86. The fraction of sp³-hybridized carbons (Fsp3) is 0.250. The number of benzene rings is 2. The SMILES string of the molecule is Nc1ncnc2c1c(-c1ccc(CNS(=O)(=O)c3cc(Cl)ccc3F)cc1)nn2[C@@H]1CCCN(C(=O)O)C1. The van der Waals surface area contributed by atoms with Crippen LogP contribution in [-0.4, -0.2) is 57.4 Å². The molecule has 0 saturated carbocycles. The molecule has 1 aliphatic heterocycles. The standard InChI is InChI=1S/C24H23ClFN7O4S/c25-16-7-8-18(26)19(10-16)38(36,37)30-11-14-3-5-15(6-4-14)21-20-22(27)28-13-29-23(20)33(31-21)17-2-1-9-32(12-17)24(34)35/h3-8,10,13,17,30H,1-2,9,11-12H2,(H,34,35)(H2,27,28,29)/t17-/m1/s1. The number of rotatable bonds is 6. The van der Waals surface area contributed by atoms with Crippen LogP contribution < -0.4 is 10.5 Å². The molecule has 38 heavy (non-hydrogen) atoms. The van der Waals surface area contributed by atoms with Crippen LogP contribution in [0.5, 0.6) is 0 Å². The quantitative estimate of drug-likeness (QED) is 0.323. The lowest BCUT2D eigenvalue weighted by atomic mass is 10.1. The summed E-state index contributed by atoms with van der Waals surface area (Å²) in [6.07, 6.45) is 1.79. The number of hydrogen-bond acceptors (Lipinski definition) is 7. The zero-order valence-electron chi connectivity index (χ0n) is 19.9. The average molecular weight is 560 g/mol. The molecule has 1 atom stereocenters. The highest BCUT2D eigenvalue weighted by atomic mass is 35.5. The molecule has 1 amide bonds. The lowest BCUT2D eigenvalue weighted by molar-refractivity contribution is 0.120. The number of nitrogens with zero attached hydrogens (tertiary/aromatic N) is 5. The number of anilines is 1. The molecule has 2 aromatic carbocycles. The molecule has 0 spiro atoms. The number of hydrogen-bond donors (Lipinski definition) is 3. The van der Waals surface area contributed by atoms with Gasteiger partial charge in [-0.05, 0) is 36.6 Å². The van der Waals surface area contributed by atoms with Crippen molar-refractivity contribution in [2.45, 2.75) is 30.3 Å². The van der Waals surface area contributed by atoms with Gasteiger partial charge in [0.05, 0.1) is 11.4 Å². The summed E-state index contributed by atoms with van der Waals surface area (Å²) in [5, 5.41) is 14.8. The zero-order chi connectivity index (χ0) is 27.0. The topological polar surface area (TPSA) is 156 Å². The number of amides is 1. The fourth-order valence-electron chi connectivity index (χ4n) is 4.50. The Bertz CT molecular complexity index is 1630. The Hall–Kier alpha value is -3.81. The van der Waals surface area contributed by atoms with Gasteiger partial charge in [0, 0.05) is 30.2 Å². The van der Waals surface area contributed by atoms with Gasteiger partial charge in [0.2, 0.25) is 10.0 Å². The number of aromatic nitrogens is 4. The monoisotopic (exact) mass is 559 g/mol. The maximum absolute atomic E-state index is 14.1. The van der Waals surface area contributed by atoms with Crippen molar-refractivity contribution in [1.82, 2.24) is 29.4 Å². The molecule has 0 aliphatic carbocycles. The first-order valence-corrected chi connectivity index (χ1v) is 13.5. The van der Waals surface area contributed by atoms with Gasteiger partial charge in [-0.25, -0.2) is 37.0 Å². The lowest BCUT2D eigenvalue weighted by Crippen LogP contribution is -2.40. The number of halogens is 2. The summed E-state index contributed by atoms with van der Waals surface area (Å²) in [6, 6.07) is 10.0. The number of likely N-dealkylation sites (tertiary alicyclic amines) is 1. The molecule has 1 saturated heterocycles. The van der Waals surface area contributed by atoms with Crippen LogP contribution in [0.1, 0.15) is 24.4 Å². The van der Waals surface area contributed by atoms with Crippen LogP contribution in [0, 0.1) is 5.82 Å². The number of nitrogens with one attached hydrogen (secondary N) is 1. The summed E-state index contributed by atoms with van der Waals surface area (Å²) in [5.74, 6) is -0.661. The molecule has 3 heterocycles. The molecule has 11 nitrogen and oxygen atoms in total. The molecule has 0 radical (unpaired) electrons. The van der Waals surface area contributed by atoms with Crippen LogP contribution in [0.25, 0.3) is 22.3 Å². The van der Waals surface area contributed by atoms with E-state index < -0.39 is 26.8 Å². The van der Waals surface area contributed by atoms with E-state index in [0.29, 0.717) is 40.8 Å². The number of carbonyl (C=O) groups is 1. The Kier molecular flexibility index (Phi) is 6.90. The Balaban J connectivity index is 1.41. The minimum absolute atomic E-state index is 0.0812. The third kappa shape index (κ3) is 4.99. The second-order valence-electron chi connectivity index (χ2n) is 8.87. The van der Waals surface area contributed by atoms with E-state index in [1.165, 1.54) is 17.3 Å². The molecule has 4 aromatic rings. The molecule has 1 fully saturated rings. The van der Waals surface area contributed by atoms with Crippen LogP contribution >= 0.6 is 11.6 Å². The summed E-state index contributed by atoms with van der Waals surface area (Å²) < 4.78 is 43.3. The number of fused-ring (bicyclic) bond motifs is 1.